The molecule has 2 N–H and O–H groups in total. The van der Waals surface area contributed by atoms with Gasteiger partial charge >= 0.3 is 0 Å². The molecule has 0 heterocycles. The Kier molecular flexibility index (Phi) is 4.22. The first-order valence-electron chi connectivity index (χ1n) is 5.82. The van der Waals surface area contributed by atoms with E-state index in [4.69, 9.17) is 22.7 Å². The molecule has 0 saturated carbocycles. The summed E-state index contributed by atoms with van der Waals surface area (Å²) in [6.07, 6.45) is 0. The molecule has 0 spiro atoms. The van der Waals surface area contributed by atoms with Crippen molar-refractivity contribution in [1.29, 1.82) is 0 Å². The fourth-order valence-electron chi connectivity index (χ4n) is 1.78. The number of aryl methyl sites for hydroxylation is 2. The topological polar surface area (TPSA) is 35.2 Å². The van der Waals surface area contributed by atoms with Crippen LogP contribution in [0.15, 0.2) is 40.9 Å². The number of thiocarbonyl (C=S) groups is 1. The minimum absolute atomic E-state index is 0.335. The van der Waals surface area contributed by atoms with E-state index in [1.54, 1.807) is 0 Å². The lowest BCUT2D eigenvalue weighted by Crippen LogP contribution is -2.11. The lowest BCUT2D eigenvalue weighted by molar-refractivity contribution is 0.475. The van der Waals surface area contributed by atoms with Crippen molar-refractivity contribution in [2.24, 2.45) is 5.73 Å². The van der Waals surface area contributed by atoms with Gasteiger partial charge < -0.3 is 10.5 Å². The first-order valence-corrected chi connectivity index (χ1v) is 7.02. The average Bonchev–Trinajstić information content (AvgIpc) is 2.34. The van der Waals surface area contributed by atoms with E-state index in [2.05, 4.69) is 15.9 Å². The predicted octanol–water partition coefficient (Wildman–Crippen LogP) is 4.49. The zero-order valence-electron chi connectivity index (χ0n) is 10.7. The van der Waals surface area contributed by atoms with Gasteiger partial charge in [-0.2, -0.15) is 0 Å². The molecule has 0 aliphatic carbocycles. The molecule has 0 aliphatic heterocycles. The van der Waals surface area contributed by atoms with E-state index in [-0.39, 0.29) is 0 Å². The van der Waals surface area contributed by atoms with Crippen LogP contribution < -0.4 is 10.5 Å². The Morgan fingerprint density at radius 1 is 1.21 bits per heavy atom. The number of hydrogen-bond donors (Lipinski definition) is 1. The zero-order chi connectivity index (χ0) is 14.0. The van der Waals surface area contributed by atoms with E-state index in [0.717, 1.165) is 21.3 Å². The van der Waals surface area contributed by atoms with Gasteiger partial charge in [0, 0.05) is 0 Å². The third-order valence-corrected chi connectivity index (χ3v) is 3.62. The summed E-state index contributed by atoms with van der Waals surface area (Å²) in [5.74, 6) is 1.46. The van der Waals surface area contributed by atoms with Crippen LogP contribution in [0.5, 0.6) is 11.5 Å². The molecule has 0 bridgehead atoms. The van der Waals surface area contributed by atoms with Gasteiger partial charge in [-0.05, 0) is 59.1 Å². The highest BCUT2D eigenvalue weighted by atomic mass is 79.9. The molecule has 98 valence electrons. The molecule has 4 heteroatoms. The second kappa shape index (κ2) is 5.72. The number of nitrogens with two attached hydrogens (primary N) is 1. The summed E-state index contributed by atoms with van der Waals surface area (Å²) < 4.78 is 6.88. The lowest BCUT2D eigenvalue weighted by Gasteiger charge is -2.14. The highest BCUT2D eigenvalue weighted by Gasteiger charge is 2.12. The number of benzene rings is 2. The molecule has 0 aliphatic rings. The minimum atomic E-state index is 0.335. The van der Waals surface area contributed by atoms with Crippen LogP contribution >= 0.6 is 28.1 Å². The second-order valence-electron chi connectivity index (χ2n) is 4.35. The maximum Gasteiger partial charge on any atom is 0.141 e. The van der Waals surface area contributed by atoms with Gasteiger partial charge in [-0.3, -0.25) is 0 Å². The Morgan fingerprint density at radius 2 is 1.95 bits per heavy atom. The van der Waals surface area contributed by atoms with Gasteiger partial charge in [-0.15, -0.1) is 0 Å². The maximum absolute atomic E-state index is 5.97. The van der Waals surface area contributed by atoms with E-state index in [0.29, 0.717) is 10.7 Å². The van der Waals surface area contributed by atoms with Crippen molar-refractivity contribution in [1.82, 2.24) is 0 Å². The monoisotopic (exact) mass is 335 g/mol. The number of para-hydroxylation sites is 1. The summed E-state index contributed by atoms with van der Waals surface area (Å²) in [5, 5.41) is 0. The van der Waals surface area contributed by atoms with Crippen molar-refractivity contribution < 1.29 is 4.74 Å². The fourth-order valence-corrected chi connectivity index (χ4v) is 2.52. The standard InChI is InChI=1S/C15H14BrNOS/c1-9-6-7-13(12(16)8-9)18-14-10(2)4-3-5-11(14)15(17)19/h3-8H,1-2H3,(H2,17,19). The Bertz CT molecular complexity index is 640. The van der Waals surface area contributed by atoms with E-state index in [1.165, 1.54) is 5.56 Å². The normalized spacial score (nSPS) is 10.3. The molecule has 0 saturated heterocycles. The number of ether oxygens (including phenoxy) is 1. The van der Waals surface area contributed by atoms with Crippen LogP contribution in [-0.2, 0) is 0 Å². The molecule has 2 nitrogen and oxygen atoms in total. The van der Waals surface area contributed by atoms with E-state index >= 15 is 0 Å². The molecule has 0 atom stereocenters. The smallest absolute Gasteiger partial charge is 0.141 e. The third-order valence-electron chi connectivity index (χ3n) is 2.78. The summed E-state index contributed by atoms with van der Waals surface area (Å²) >= 11 is 8.57. The van der Waals surface area contributed by atoms with E-state index in [1.807, 2.05) is 50.2 Å². The summed E-state index contributed by atoms with van der Waals surface area (Å²) in [7, 11) is 0. The summed E-state index contributed by atoms with van der Waals surface area (Å²) in [5.41, 5.74) is 8.65. The van der Waals surface area contributed by atoms with E-state index < -0.39 is 0 Å². The van der Waals surface area contributed by atoms with Crippen LogP contribution in [-0.4, -0.2) is 4.99 Å². The predicted molar refractivity (Wildman–Crippen MR) is 86.0 cm³/mol. The maximum atomic E-state index is 5.97. The van der Waals surface area contributed by atoms with Gasteiger partial charge in [0.2, 0.25) is 0 Å². The van der Waals surface area contributed by atoms with E-state index in [9.17, 15) is 0 Å². The van der Waals surface area contributed by atoms with Gasteiger partial charge in [-0.25, -0.2) is 0 Å². The molecular weight excluding hydrogens is 322 g/mol. The summed E-state index contributed by atoms with van der Waals surface area (Å²) in [6.45, 7) is 4.00. The highest BCUT2D eigenvalue weighted by molar-refractivity contribution is 9.10. The molecular formula is C15H14BrNOS. The largest absolute Gasteiger partial charge is 0.455 e. The first-order chi connectivity index (χ1) is 8.99. The van der Waals surface area contributed by atoms with Gasteiger partial charge in [0.1, 0.15) is 16.5 Å². The molecule has 2 aromatic carbocycles. The number of hydrogen-bond acceptors (Lipinski definition) is 2. The lowest BCUT2D eigenvalue weighted by atomic mass is 10.1. The molecule has 2 aromatic rings. The van der Waals surface area contributed by atoms with Crippen molar-refractivity contribution in [3.05, 3.63) is 57.6 Å². The Labute approximate surface area is 126 Å². The van der Waals surface area contributed by atoms with Crippen LogP contribution in [0.2, 0.25) is 0 Å². The molecule has 0 fully saturated rings. The summed E-state index contributed by atoms with van der Waals surface area (Å²) in [6, 6.07) is 11.7. The van der Waals surface area contributed by atoms with Crippen LogP contribution in [0, 0.1) is 13.8 Å². The molecule has 2 rings (SSSR count). The quantitative estimate of drug-likeness (QED) is 0.839. The van der Waals surface area contributed by atoms with Crippen LogP contribution in [0.4, 0.5) is 0 Å². The third kappa shape index (κ3) is 3.14. The fraction of sp³-hybridized carbons (Fsp3) is 0.133. The van der Waals surface area contributed by atoms with Gasteiger partial charge in [0.05, 0.1) is 10.0 Å². The second-order valence-corrected chi connectivity index (χ2v) is 5.65. The van der Waals surface area contributed by atoms with Crippen molar-refractivity contribution in [3.8, 4) is 11.5 Å². The van der Waals surface area contributed by atoms with Gasteiger partial charge in [0.15, 0.2) is 0 Å². The summed E-state index contributed by atoms with van der Waals surface area (Å²) in [4.78, 5) is 0.335. The SMILES string of the molecule is Cc1ccc(Oc2c(C)cccc2C(N)=S)c(Br)c1. The van der Waals surface area contributed by atoms with Crippen LogP contribution in [0.3, 0.4) is 0 Å². The Morgan fingerprint density at radius 3 is 2.58 bits per heavy atom. The number of halogens is 1. The molecule has 0 unspecified atom stereocenters. The Balaban J connectivity index is 2.46. The molecule has 0 aromatic heterocycles. The first kappa shape index (κ1) is 14.0. The van der Waals surface area contributed by atoms with Crippen molar-refractivity contribution >= 4 is 33.1 Å². The van der Waals surface area contributed by atoms with Crippen molar-refractivity contribution in [3.63, 3.8) is 0 Å². The van der Waals surface area contributed by atoms with Crippen molar-refractivity contribution in [2.45, 2.75) is 13.8 Å². The molecule has 0 radical (unpaired) electrons. The van der Waals surface area contributed by atoms with Gasteiger partial charge in [0.25, 0.3) is 0 Å². The highest BCUT2D eigenvalue weighted by Crippen LogP contribution is 2.34. The minimum Gasteiger partial charge on any atom is -0.455 e. The average molecular weight is 336 g/mol. The molecule has 19 heavy (non-hydrogen) atoms. The zero-order valence-corrected chi connectivity index (χ0v) is 13.1. The number of rotatable bonds is 3. The van der Waals surface area contributed by atoms with Crippen LogP contribution in [0.1, 0.15) is 16.7 Å². The Hall–Kier alpha value is -1.39. The molecule has 0 amide bonds. The van der Waals surface area contributed by atoms with Crippen LogP contribution in [0.25, 0.3) is 0 Å². The van der Waals surface area contributed by atoms with Gasteiger partial charge in [-0.1, -0.05) is 30.4 Å². The van der Waals surface area contributed by atoms with Crippen molar-refractivity contribution in [2.75, 3.05) is 0 Å².